The molecule has 5 heterocycles. The van der Waals surface area contributed by atoms with Gasteiger partial charge in [-0.2, -0.15) is 9.97 Å². The maximum Gasteiger partial charge on any atom is 0.319 e. The minimum Gasteiger partial charge on any atom is -0.508 e. The molecule has 0 unspecified atom stereocenters. The second kappa shape index (κ2) is 10.7. The lowest BCUT2D eigenvalue weighted by molar-refractivity contribution is 0.0447. The minimum atomic E-state index is -0.947. The van der Waals surface area contributed by atoms with Crippen molar-refractivity contribution < 1.29 is 23.7 Å². The first-order chi connectivity index (χ1) is 21.5. The van der Waals surface area contributed by atoms with E-state index in [1.165, 1.54) is 24.4 Å². The molecule has 2 aromatic carbocycles. The number of anilines is 1. The first kappa shape index (κ1) is 29.6. The summed E-state index contributed by atoms with van der Waals surface area (Å²) in [5, 5.41) is 22.9. The van der Waals surface area contributed by atoms with Crippen molar-refractivity contribution in [2.45, 2.75) is 57.1 Å². The molecule has 4 aromatic rings. The largest absolute Gasteiger partial charge is 0.508 e. The quantitative estimate of drug-likeness (QED) is 0.253. The Bertz CT molecular complexity index is 1870. The highest BCUT2D eigenvalue weighted by Crippen LogP contribution is 2.43. The maximum atomic E-state index is 16.8. The predicted octanol–water partition coefficient (Wildman–Crippen LogP) is 6.08. The molecule has 10 heteroatoms. The topological polar surface area (TPSA) is 94.8 Å². The van der Waals surface area contributed by atoms with Crippen LogP contribution in [0.2, 0.25) is 0 Å². The Labute approximate surface area is 260 Å². The van der Waals surface area contributed by atoms with Crippen LogP contribution in [0.4, 0.5) is 14.6 Å². The number of hydrogen-bond donors (Lipinski definition) is 2. The van der Waals surface area contributed by atoms with E-state index in [0.29, 0.717) is 53.5 Å². The molecular weight excluding hydrogens is 576 g/mol. The standard InChI is InChI=1S/C35H37F2N5O3/c1-5-24-27(36)8-7-22-11-23(43)12-25(28(22)24)30-29(37)31-26(15-38-30)32(41-10-6-9-34(4,44)18-41)40-33(39-31)45-19-35-13-20(2)16-42(35)17-21(3)14-35/h7-8,11-12,15,43-44H,2-3,5-6,9-10,13-14,16-19H2,1,4H3/t34-/m1/s1. The van der Waals surface area contributed by atoms with Gasteiger partial charge in [-0.05, 0) is 73.6 Å². The summed E-state index contributed by atoms with van der Waals surface area (Å²) >= 11 is 0. The van der Waals surface area contributed by atoms with Crippen molar-refractivity contribution in [1.29, 1.82) is 0 Å². The molecule has 0 bridgehead atoms. The van der Waals surface area contributed by atoms with Gasteiger partial charge >= 0.3 is 6.01 Å². The number of phenols is 1. The number of aliphatic hydroxyl groups is 1. The molecule has 0 amide bonds. The van der Waals surface area contributed by atoms with Gasteiger partial charge in [0.25, 0.3) is 0 Å². The van der Waals surface area contributed by atoms with Crippen LogP contribution in [0.15, 0.2) is 54.8 Å². The molecule has 234 valence electrons. The van der Waals surface area contributed by atoms with Gasteiger partial charge in [0.05, 0.1) is 16.5 Å². The summed E-state index contributed by atoms with van der Waals surface area (Å²) in [5.41, 5.74) is 1.63. The maximum absolute atomic E-state index is 16.8. The number of benzene rings is 2. The third-order valence-electron chi connectivity index (χ3n) is 9.51. The number of hydrogen-bond acceptors (Lipinski definition) is 8. The van der Waals surface area contributed by atoms with Gasteiger partial charge in [-0.1, -0.05) is 37.3 Å². The van der Waals surface area contributed by atoms with E-state index in [-0.39, 0.29) is 40.7 Å². The third kappa shape index (κ3) is 5.10. The van der Waals surface area contributed by atoms with Gasteiger partial charge in [0.2, 0.25) is 0 Å². The molecule has 3 aliphatic heterocycles. The number of phenolic OH excluding ortho intramolecular Hbond substituents is 1. The Morgan fingerprint density at radius 3 is 2.56 bits per heavy atom. The van der Waals surface area contributed by atoms with E-state index in [0.717, 1.165) is 43.5 Å². The van der Waals surface area contributed by atoms with E-state index in [9.17, 15) is 14.6 Å². The van der Waals surface area contributed by atoms with E-state index in [2.05, 4.69) is 28.0 Å². The molecular formula is C35H37F2N5O3. The van der Waals surface area contributed by atoms with Crippen LogP contribution in [0.3, 0.4) is 0 Å². The minimum absolute atomic E-state index is 0.00261. The van der Waals surface area contributed by atoms with Crippen molar-refractivity contribution in [3.8, 4) is 23.0 Å². The number of aromatic nitrogens is 3. The lowest BCUT2D eigenvalue weighted by Crippen LogP contribution is -2.46. The van der Waals surface area contributed by atoms with E-state index < -0.39 is 17.2 Å². The fraction of sp³-hybridized carbons (Fsp3) is 0.400. The Kier molecular flexibility index (Phi) is 7.05. The van der Waals surface area contributed by atoms with Gasteiger partial charge in [-0.3, -0.25) is 9.88 Å². The SMILES string of the molecule is C=C1CN2CC(=C)CC2(COc2nc(N3CCC[C@@](C)(O)C3)c3cnc(-c4cc(O)cc5ccc(F)c(CC)c45)c(F)c3n2)C1. The zero-order valence-electron chi connectivity index (χ0n) is 25.7. The number of pyridine rings is 1. The van der Waals surface area contributed by atoms with E-state index in [1.807, 2.05) is 11.8 Å². The van der Waals surface area contributed by atoms with Crippen molar-refractivity contribution in [2.24, 2.45) is 0 Å². The second-order valence-corrected chi connectivity index (χ2v) is 13.2. The summed E-state index contributed by atoms with van der Waals surface area (Å²) in [4.78, 5) is 18.1. The molecule has 3 aliphatic rings. The summed E-state index contributed by atoms with van der Waals surface area (Å²) in [5.74, 6) is -0.801. The molecule has 7 rings (SSSR count). The van der Waals surface area contributed by atoms with Crippen molar-refractivity contribution in [1.82, 2.24) is 19.9 Å². The number of ether oxygens (including phenoxy) is 1. The number of nitrogens with zero attached hydrogens (tertiary/aromatic N) is 5. The van der Waals surface area contributed by atoms with Crippen LogP contribution in [0.1, 0.15) is 45.1 Å². The van der Waals surface area contributed by atoms with Gasteiger partial charge < -0.3 is 19.8 Å². The van der Waals surface area contributed by atoms with E-state index in [4.69, 9.17) is 9.72 Å². The van der Waals surface area contributed by atoms with Gasteiger partial charge in [0, 0.05) is 37.9 Å². The van der Waals surface area contributed by atoms with Crippen molar-refractivity contribution in [3.05, 3.63) is 72.0 Å². The Morgan fingerprint density at radius 2 is 1.84 bits per heavy atom. The van der Waals surface area contributed by atoms with Crippen LogP contribution >= 0.6 is 0 Å². The van der Waals surface area contributed by atoms with Gasteiger partial charge in [-0.25, -0.2) is 8.78 Å². The average Bonchev–Trinajstić information content (AvgIpc) is 3.45. The highest BCUT2D eigenvalue weighted by Gasteiger charge is 2.48. The zero-order valence-corrected chi connectivity index (χ0v) is 25.7. The molecule has 0 saturated carbocycles. The zero-order chi connectivity index (χ0) is 31.7. The average molecular weight is 614 g/mol. The number of aromatic hydroxyl groups is 1. The van der Waals surface area contributed by atoms with Crippen LogP contribution in [0.5, 0.6) is 11.8 Å². The van der Waals surface area contributed by atoms with Crippen molar-refractivity contribution in [3.63, 3.8) is 0 Å². The lowest BCUT2D eigenvalue weighted by atomic mass is 9.92. The van der Waals surface area contributed by atoms with Crippen LogP contribution < -0.4 is 9.64 Å². The van der Waals surface area contributed by atoms with Gasteiger partial charge in [0.1, 0.15) is 35.2 Å². The first-order valence-corrected chi connectivity index (χ1v) is 15.5. The summed E-state index contributed by atoms with van der Waals surface area (Å²) in [6.07, 6.45) is 4.78. The molecule has 0 spiro atoms. The van der Waals surface area contributed by atoms with Crippen molar-refractivity contribution >= 4 is 27.5 Å². The van der Waals surface area contributed by atoms with Crippen molar-refractivity contribution in [2.75, 3.05) is 37.7 Å². The van der Waals surface area contributed by atoms with Crippen LogP contribution in [0.25, 0.3) is 32.9 Å². The normalized spacial score (nSPS) is 21.7. The van der Waals surface area contributed by atoms with E-state index in [1.54, 1.807) is 13.0 Å². The number of fused-ring (bicyclic) bond motifs is 3. The summed E-state index contributed by atoms with van der Waals surface area (Å²) in [6, 6.07) is 5.88. The molecule has 8 nitrogen and oxygen atoms in total. The number of rotatable bonds is 6. The highest BCUT2D eigenvalue weighted by atomic mass is 19.1. The first-order valence-electron chi connectivity index (χ1n) is 15.5. The monoisotopic (exact) mass is 613 g/mol. The molecule has 2 N–H and O–H groups in total. The highest BCUT2D eigenvalue weighted by molar-refractivity contribution is 6.01. The molecule has 45 heavy (non-hydrogen) atoms. The molecule has 0 radical (unpaired) electrons. The summed E-state index contributed by atoms with van der Waals surface area (Å²) in [6.45, 7) is 14.8. The number of halogens is 2. The van der Waals surface area contributed by atoms with Crippen LogP contribution in [0, 0.1) is 11.6 Å². The number of aryl methyl sites for hydroxylation is 1. The fourth-order valence-electron chi connectivity index (χ4n) is 7.60. The van der Waals surface area contributed by atoms with Crippen LogP contribution in [-0.2, 0) is 6.42 Å². The lowest BCUT2D eigenvalue weighted by Gasteiger charge is -2.38. The Balaban J connectivity index is 1.38. The van der Waals surface area contributed by atoms with Gasteiger partial charge in [0.15, 0.2) is 5.82 Å². The summed E-state index contributed by atoms with van der Waals surface area (Å²) < 4.78 is 38.1. The molecule has 1 atom stereocenters. The smallest absolute Gasteiger partial charge is 0.319 e. The molecule has 2 aromatic heterocycles. The number of piperidine rings is 1. The van der Waals surface area contributed by atoms with Crippen LogP contribution in [-0.4, -0.2) is 74.0 Å². The summed E-state index contributed by atoms with van der Waals surface area (Å²) in [7, 11) is 0. The molecule has 3 saturated heterocycles. The third-order valence-corrected chi connectivity index (χ3v) is 9.51. The second-order valence-electron chi connectivity index (χ2n) is 13.2. The predicted molar refractivity (Wildman–Crippen MR) is 171 cm³/mol. The Hall–Kier alpha value is -4.15. The molecule has 0 aliphatic carbocycles. The van der Waals surface area contributed by atoms with Gasteiger partial charge in [-0.15, -0.1) is 0 Å². The Morgan fingerprint density at radius 1 is 1.09 bits per heavy atom. The fourth-order valence-corrected chi connectivity index (χ4v) is 7.60. The van der Waals surface area contributed by atoms with E-state index >= 15 is 4.39 Å². The number of β-amino-alcohol motifs (C(OH)–C–C–N with tert-alkyl or cyclic N) is 1. The molecule has 3 fully saturated rings.